The first-order valence-electron chi connectivity index (χ1n) is 5.72. The third-order valence-corrected chi connectivity index (χ3v) is 3.09. The molecule has 0 amide bonds. The molecule has 1 aromatic rings. The predicted molar refractivity (Wildman–Crippen MR) is 66.9 cm³/mol. The van der Waals surface area contributed by atoms with Gasteiger partial charge in [0.25, 0.3) is 0 Å². The van der Waals surface area contributed by atoms with E-state index in [2.05, 4.69) is 41.1 Å². The van der Waals surface area contributed by atoms with Gasteiger partial charge in [-0.2, -0.15) is 0 Å². The maximum Gasteiger partial charge on any atom is 0.0767 e. The summed E-state index contributed by atoms with van der Waals surface area (Å²) >= 11 is 0. The standard InChI is InChI=1S/C13H19N3/c1-2-13(14)16-9-8-15-10-12(16)11-6-4-3-5-7-11/h2-7,12-13,15H,1,8-10,14H2. The second-order valence-corrected chi connectivity index (χ2v) is 4.09. The van der Waals surface area contributed by atoms with E-state index in [0.717, 1.165) is 19.6 Å². The third-order valence-electron chi connectivity index (χ3n) is 3.09. The summed E-state index contributed by atoms with van der Waals surface area (Å²) in [4.78, 5) is 2.29. The van der Waals surface area contributed by atoms with Crippen LogP contribution in [-0.2, 0) is 0 Å². The van der Waals surface area contributed by atoms with Crippen LogP contribution in [0, 0.1) is 0 Å². The Morgan fingerprint density at radius 2 is 2.19 bits per heavy atom. The minimum Gasteiger partial charge on any atom is -0.314 e. The van der Waals surface area contributed by atoms with E-state index in [9.17, 15) is 0 Å². The van der Waals surface area contributed by atoms with E-state index in [0.29, 0.717) is 6.04 Å². The maximum absolute atomic E-state index is 6.06. The van der Waals surface area contributed by atoms with Gasteiger partial charge in [0, 0.05) is 25.7 Å². The van der Waals surface area contributed by atoms with Gasteiger partial charge in [-0.25, -0.2) is 0 Å². The molecule has 1 heterocycles. The Hall–Kier alpha value is -1.16. The lowest BCUT2D eigenvalue weighted by Crippen LogP contribution is -2.52. The van der Waals surface area contributed by atoms with E-state index >= 15 is 0 Å². The quantitative estimate of drug-likeness (QED) is 0.745. The molecule has 86 valence electrons. The van der Waals surface area contributed by atoms with Crippen molar-refractivity contribution in [2.24, 2.45) is 5.73 Å². The van der Waals surface area contributed by atoms with Crippen LogP contribution in [0.1, 0.15) is 11.6 Å². The first kappa shape index (κ1) is 11.3. The van der Waals surface area contributed by atoms with Crippen LogP contribution in [0.4, 0.5) is 0 Å². The number of hydrogen-bond donors (Lipinski definition) is 2. The number of nitrogens with two attached hydrogens (primary N) is 1. The van der Waals surface area contributed by atoms with Crippen LogP contribution >= 0.6 is 0 Å². The minimum atomic E-state index is -0.0627. The molecule has 1 aromatic carbocycles. The zero-order valence-corrected chi connectivity index (χ0v) is 9.47. The number of hydrogen-bond acceptors (Lipinski definition) is 3. The Morgan fingerprint density at radius 1 is 1.44 bits per heavy atom. The van der Waals surface area contributed by atoms with Crippen molar-refractivity contribution in [2.75, 3.05) is 19.6 Å². The van der Waals surface area contributed by atoms with E-state index in [1.165, 1.54) is 5.56 Å². The van der Waals surface area contributed by atoms with Gasteiger partial charge in [0.05, 0.1) is 6.17 Å². The van der Waals surface area contributed by atoms with E-state index in [4.69, 9.17) is 5.73 Å². The summed E-state index contributed by atoms with van der Waals surface area (Å²) in [5, 5.41) is 3.41. The van der Waals surface area contributed by atoms with Crippen molar-refractivity contribution in [1.29, 1.82) is 0 Å². The van der Waals surface area contributed by atoms with E-state index < -0.39 is 0 Å². The van der Waals surface area contributed by atoms with Crippen LogP contribution in [0.3, 0.4) is 0 Å². The van der Waals surface area contributed by atoms with E-state index in [1.54, 1.807) is 6.08 Å². The Kier molecular flexibility index (Phi) is 3.72. The van der Waals surface area contributed by atoms with Gasteiger partial charge in [0.2, 0.25) is 0 Å². The lowest BCUT2D eigenvalue weighted by atomic mass is 10.0. The van der Waals surface area contributed by atoms with Crippen LogP contribution in [0.5, 0.6) is 0 Å². The van der Waals surface area contributed by atoms with Crippen molar-refractivity contribution in [2.45, 2.75) is 12.2 Å². The molecule has 3 N–H and O–H groups in total. The molecule has 16 heavy (non-hydrogen) atoms. The largest absolute Gasteiger partial charge is 0.314 e. The van der Waals surface area contributed by atoms with Gasteiger partial charge >= 0.3 is 0 Å². The summed E-state index contributed by atoms with van der Waals surface area (Å²) in [6.07, 6.45) is 1.74. The Morgan fingerprint density at radius 3 is 2.88 bits per heavy atom. The third kappa shape index (κ3) is 2.32. The topological polar surface area (TPSA) is 41.3 Å². The zero-order valence-electron chi connectivity index (χ0n) is 9.47. The number of rotatable bonds is 3. The molecule has 1 aliphatic heterocycles. The van der Waals surface area contributed by atoms with Crippen molar-refractivity contribution >= 4 is 0 Å². The van der Waals surface area contributed by atoms with Crippen LogP contribution in [0.2, 0.25) is 0 Å². The highest BCUT2D eigenvalue weighted by Gasteiger charge is 2.26. The molecule has 1 fully saturated rings. The van der Waals surface area contributed by atoms with Crippen molar-refractivity contribution < 1.29 is 0 Å². The molecule has 1 aliphatic rings. The molecule has 0 aromatic heterocycles. The highest BCUT2D eigenvalue weighted by Crippen LogP contribution is 2.22. The van der Waals surface area contributed by atoms with Crippen LogP contribution < -0.4 is 11.1 Å². The average Bonchev–Trinajstić information content (AvgIpc) is 2.39. The molecule has 1 saturated heterocycles. The molecular formula is C13H19N3. The van der Waals surface area contributed by atoms with Crippen LogP contribution in [0.25, 0.3) is 0 Å². The normalized spacial score (nSPS) is 23.9. The highest BCUT2D eigenvalue weighted by molar-refractivity contribution is 5.20. The Balaban J connectivity index is 2.19. The summed E-state index contributed by atoms with van der Waals surface area (Å²) in [6.45, 7) is 6.68. The van der Waals surface area contributed by atoms with Crippen LogP contribution in [0.15, 0.2) is 43.0 Å². The molecule has 0 spiro atoms. The molecule has 2 atom stereocenters. The summed E-state index contributed by atoms with van der Waals surface area (Å²) < 4.78 is 0. The monoisotopic (exact) mass is 217 g/mol. The minimum absolute atomic E-state index is 0.0627. The first-order valence-corrected chi connectivity index (χ1v) is 5.72. The van der Waals surface area contributed by atoms with Gasteiger partial charge in [-0.05, 0) is 5.56 Å². The van der Waals surface area contributed by atoms with E-state index in [-0.39, 0.29) is 6.17 Å². The molecule has 0 bridgehead atoms. The number of nitrogens with zero attached hydrogens (tertiary/aromatic N) is 1. The van der Waals surface area contributed by atoms with Crippen LogP contribution in [-0.4, -0.2) is 30.7 Å². The summed E-state index contributed by atoms with van der Waals surface area (Å²) in [7, 11) is 0. The van der Waals surface area contributed by atoms with Gasteiger partial charge in [-0.3, -0.25) is 4.90 Å². The van der Waals surface area contributed by atoms with Gasteiger partial charge in [-0.1, -0.05) is 36.4 Å². The molecule has 0 saturated carbocycles. The molecule has 0 aliphatic carbocycles. The summed E-state index contributed by atoms with van der Waals surface area (Å²) in [5.74, 6) is 0. The first-order chi connectivity index (χ1) is 7.83. The number of benzene rings is 1. The molecule has 2 unspecified atom stereocenters. The lowest BCUT2D eigenvalue weighted by molar-refractivity contribution is 0.132. The maximum atomic E-state index is 6.06. The number of nitrogens with one attached hydrogen (secondary N) is 1. The van der Waals surface area contributed by atoms with Crippen molar-refractivity contribution in [3.63, 3.8) is 0 Å². The average molecular weight is 217 g/mol. The second kappa shape index (κ2) is 5.25. The summed E-state index contributed by atoms with van der Waals surface area (Å²) in [5.41, 5.74) is 7.37. The molecule has 3 nitrogen and oxygen atoms in total. The molecule has 2 rings (SSSR count). The smallest absolute Gasteiger partial charge is 0.0767 e. The molecule has 0 radical (unpaired) electrons. The Bertz CT molecular complexity index is 336. The highest BCUT2D eigenvalue weighted by atomic mass is 15.3. The SMILES string of the molecule is C=CC(N)N1CCNCC1c1ccccc1. The van der Waals surface area contributed by atoms with Gasteiger partial charge in [-0.15, -0.1) is 6.58 Å². The van der Waals surface area contributed by atoms with Gasteiger partial charge < -0.3 is 11.1 Å². The predicted octanol–water partition coefficient (Wildman–Crippen LogP) is 1.10. The van der Waals surface area contributed by atoms with Crippen molar-refractivity contribution in [3.8, 4) is 0 Å². The van der Waals surface area contributed by atoms with Crippen molar-refractivity contribution in [3.05, 3.63) is 48.6 Å². The Labute approximate surface area is 96.9 Å². The fourth-order valence-corrected chi connectivity index (χ4v) is 2.20. The van der Waals surface area contributed by atoms with E-state index in [1.807, 2.05) is 6.07 Å². The fraction of sp³-hybridized carbons (Fsp3) is 0.385. The van der Waals surface area contributed by atoms with Crippen molar-refractivity contribution in [1.82, 2.24) is 10.2 Å². The molecule has 3 heteroatoms. The zero-order chi connectivity index (χ0) is 11.4. The number of piperazine rings is 1. The second-order valence-electron chi connectivity index (χ2n) is 4.09. The summed E-state index contributed by atoms with van der Waals surface area (Å²) in [6, 6.07) is 10.8. The lowest BCUT2D eigenvalue weighted by Gasteiger charge is -2.39. The van der Waals surface area contributed by atoms with Gasteiger partial charge in [0.1, 0.15) is 0 Å². The molecular weight excluding hydrogens is 198 g/mol. The fourth-order valence-electron chi connectivity index (χ4n) is 2.20. The van der Waals surface area contributed by atoms with Gasteiger partial charge in [0.15, 0.2) is 0 Å².